The highest BCUT2D eigenvalue weighted by Crippen LogP contribution is 2.30. The average molecular weight is 329 g/mol. The lowest BCUT2D eigenvalue weighted by molar-refractivity contribution is -0.140. The van der Waals surface area contributed by atoms with E-state index < -0.39 is 11.9 Å². The van der Waals surface area contributed by atoms with Gasteiger partial charge in [-0.2, -0.15) is 13.2 Å². The number of aromatic nitrogens is 2. The van der Waals surface area contributed by atoms with Crippen LogP contribution in [0, 0.1) is 0 Å². The van der Waals surface area contributed by atoms with Crippen molar-refractivity contribution in [2.24, 2.45) is 7.05 Å². The van der Waals surface area contributed by atoms with Crippen LogP contribution in [0.1, 0.15) is 39.0 Å². The topological polar surface area (TPSA) is 29.9 Å². The van der Waals surface area contributed by atoms with Crippen LogP contribution in [-0.2, 0) is 19.8 Å². The molecule has 1 aromatic heterocycles. The zero-order chi connectivity index (χ0) is 18.0. The Kier molecular flexibility index (Phi) is 9.25. The smallest absolute Gasteiger partial charge is 0.333 e. The van der Waals surface area contributed by atoms with Crippen LogP contribution in [0.5, 0.6) is 0 Å². The summed E-state index contributed by atoms with van der Waals surface area (Å²) in [7, 11) is 3.39. The Bertz CT molecular complexity index is 557. The minimum atomic E-state index is -4.41. The van der Waals surface area contributed by atoms with E-state index in [1.54, 1.807) is 19.2 Å². The van der Waals surface area contributed by atoms with Gasteiger partial charge in [-0.25, -0.2) is 4.98 Å². The Morgan fingerprint density at radius 1 is 1.04 bits per heavy atom. The summed E-state index contributed by atoms with van der Waals surface area (Å²) < 4.78 is 39.1. The third-order valence-corrected chi connectivity index (χ3v) is 2.76. The van der Waals surface area contributed by atoms with Crippen molar-refractivity contribution < 1.29 is 13.2 Å². The van der Waals surface area contributed by atoms with Crippen LogP contribution in [0.25, 0.3) is 11.4 Å². The summed E-state index contributed by atoms with van der Waals surface area (Å²) in [5, 5.41) is 3.01. The van der Waals surface area contributed by atoms with E-state index >= 15 is 0 Å². The number of alkyl halides is 3. The SMILES string of the molecule is CC.CC.CNCc1ccc(-c2nc(C(F)(F)F)cn2C)cc1. The lowest BCUT2D eigenvalue weighted by Crippen LogP contribution is -2.05. The molecule has 1 heterocycles. The quantitative estimate of drug-likeness (QED) is 0.870. The number of nitrogens with one attached hydrogen (secondary N) is 1. The minimum Gasteiger partial charge on any atom is -0.333 e. The number of hydrogen-bond donors (Lipinski definition) is 1. The maximum Gasteiger partial charge on any atom is 0.434 e. The Morgan fingerprint density at radius 3 is 1.96 bits per heavy atom. The number of nitrogens with zero attached hydrogens (tertiary/aromatic N) is 2. The summed E-state index contributed by atoms with van der Waals surface area (Å²) in [5.74, 6) is 0.309. The van der Waals surface area contributed by atoms with Crippen molar-refractivity contribution in [1.82, 2.24) is 14.9 Å². The van der Waals surface area contributed by atoms with Crippen molar-refractivity contribution in [1.29, 1.82) is 0 Å². The van der Waals surface area contributed by atoms with Crippen LogP contribution >= 0.6 is 0 Å². The van der Waals surface area contributed by atoms with Gasteiger partial charge in [0.05, 0.1) is 0 Å². The van der Waals surface area contributed by atoms with E-state index in [1.807, 2.05) is 46.9 Å². The maximum absolute atomic E-state index is 12.6. The molecule has 3 nitrogen and oxygen atoms in total. The Hall–Kier alpha value is -1.82. The van der Waals surface area contributed by atoms with Gasteiger partial charge >= 0.3 is 6.18 Å². The predicted molar refractivity (Wildman–Crippen MR) is 89.1 cm³/mol. The Labute approximate surface area is 136 Å². The normalized spacial score (nSPS) is 10.3. The highest BCUT2D eigenvalue weighted by atomic mass is 19.4. The van der Waals surface area contributed by atoms with Gasteiger partial charge in [0.2, 0.25) is 0 Å². The summed E-state index contributed by atoms with van der Waals surface area (Å²) in [6, 6.07) is 7.28. The zero-order valence-electron chi connectivity index (χ0n) is 14.6. The molecule has 0 aliphatic carbocycles. The molecule has 0 spiro atoms. The summed E-state index contributed by atoms with van der Waals surface area (Å²) in [4.78, 5) is 3.65. The molecule has 0 aliphatic rings. The summed E-state index contributed by atoms with van der Waals surface area (Å²) in [6.45, 7) is 8.72. The van der Waals surface area contributed by atoms with Gasteiger partial charge in [-0.1, -0.05) is 52.0 Å². The van der Waals surface area contributed by atoms with Crippen molar-refractivity contribution in [3.8, 4) is 11.4 Å². The Morgan fingerprint density at radius 2 is 1.57 bits per heavy atom. The summed E-state index contributed by atoms with van der Waals surface area (Å²) in [6.07, 6.45) is -3.42. The molecule has 0 unspecified atom stereocenters. The molecule has 0 saturated heterocycles. The second-order valence-electron chi connectivity index (χ2n) is 4.29. The highest BCUT2D eigenvalue weighted by Gasteiger charge is 2.34. The molecule has 6 heteroatoms. The first-order valence-electron chi connectivity index (χ1n) is 7.76. The Balaban J connectivity index is 0.00000112. The van der Waals surface area contributed by atoms with Crippen LogP contribution in [-0.4, -0.2) is 16.6 Å². The van der Waals surface area contributed by atoms with Crippen LogP contribution in [0.3, 0.4) is 0 Å². The number of benzene rings is 1. The molecule has 0 bridgehead atoms. The van der Waals surface area contributed by atoms with Gasteiger partial charge in [0.25, 0.3) is 0 Å². The van der Waals surface area contributed by atoms with E-state index in [2.05, 4.69) is 10.3 Å². The maximum atomic E-state index is 12.6. The van der Waals surface area contributed by atoms with Crippen LogP contribution < -0.4 is 5.32 Å². The molecule has 1 aromatic carbocycles. The first kappa shape index (κ1) is 21.2. The van der Waals surface area contributed by atoms with Gasteiger partial charge in [-0.05, 0) is 12.6 Å². The monoisotopic (exact) mass is 329 g/mol. The first-order valence-corrected chi connectivity index (χ1v) is 7.76. The molecule has 0 aliphatic heterocycles. The molecule has 0 atom stereocenters. The average Bonchev–Trinajstić information content (AvgIpc) is 2.95. The van der Waals surface area contributed by atoms with Crippen molar-refractivity contribution in [2.45, 2.75) is 40.4 Å². The molecule has 0 saturated carbocycles. The largest absolute Gasteiger partial charge is 0.434 e. The van der Waals surface area contributed by atoms with Crippen molar-refractivity contribution in [2.75, 3.05) is 7.05 Å². The van der Waals surface area contributed by atoms with Crippen molar-refractivity contribution in [3.63, 3.8) is 0 Å². The van der Waals surface area contributed by atoms with Gasteiger partial charge in [-0.15, -0.1) is 0 Å². The molecule has 2 rings (SSSR count). The number of rotatable bonds is 3. The molecular formula is C17H26F3N3. The lowest BCUT2D eigenvalue weighted by atomic mass is 10.1. The van der Waals surface area contributed by atoms with Gasteiger partial charge in [0.15, 0.2) is 5.69 Å². The molecule has 23 heavy (non-hydrogen) atoms. The summed E-state index contributed by atoms with van der Waals surface area (Å²) in [5.41, 5.74) is 0.860. The van der Waals surface area contributed by atoms with E-state index in [9.17, 15) is 13.2 Å². The fourth-order valence-electron chi connectivity index (χ4n) is 1.85. The van der Waals surface area contributed by atoms with Crippen LogP contribution in [0.2, 0.25) is 0 Å². The van der Waals surface area contributed by atoms with E-state index in [-0.39, 0.29) is 0 Å². The summed E-state index contributed by atoms with van der Waals surface area (Å²) >= 11 is 0. The second kappa shape index (κ2) is 10.0. The fraction of sp³-hybridized carbons (Fsp3) is 0.471. The van der Waals surface area contributed by atoms with Crippen LogP contribution in [0.15, 0.2) is 30.5 Å². The van der Waals surface area contributed by atoms with E-state index in [0.29, 0.717) is 17.9 Å². The molecule has 2 aromatic rings. The van der Waals surface area contributed by atoms with E-state index in [4.69, 9.17) is 0 Å². The van der Waals surface area contributed by atoms with Gasteiger partial charge in [0, 0.05) is 25.4 Å². The van der Waals surface area contributed by atoms with Crippen LogP contribution in [0.4, 0.5) is 13.2 Å². The predicted octanol–water partition coefficient (Wildman–Crippen LogP) is 4.88. The molecule has 1 N–H and O–H groups in total. The number of halogens is 3. The molecular weight excluding hydrogens is 303 g/mol. The number of imidazole rings is 1. The van der Waals surface area contributed by atoms with E-state index in [1.165, 1.54) is 4.57 Å². The minimum absolute atomic E-state index is 0.309. The number of hydrogen-bond acceptors (Lipinski definition) is 2. The zero-order valence-corrected chi connectivity index (χ0v) is 14.6. The highest BCUT2D eigenvalue weighted by molar-refractivity contribution is 5.56. The molecule has 130 valence electrons. The second-order valence-corrected chi connectivity index (χ2v) is 4.29. The van der Waals surface area contributed by atoms with Crippen molar-refractivity contribution >= 4 is 0 Å². The van der Waals surface area contributed by atoms with Crippen molar-refractivity contribution in [3.05, 3.63) is 41.7 Å². The standard InChI is InChI=1S/C13H14F3N3.2C2H6/c1-17-7-9-3-5-10(6-4-9)12-18-11(8-19(12)2)13(14,15)16;2*1-2/h3-6,8,17H,7H2,1-2H3;2*1-2H3. The first-order chi connectivity index (χ1) is 10.9. The van der Waals surface area contributed by atoms with Gasteiger partial charge < -0.3 is 9.88 Å². The van der Waals surface area contributed by atoms with Gasteiger partial charge in [-0.3, -0.25) is 0 Å². The lowest BCUT2D eigenvalue weighted by Gasteiger charge is -2.04. The third kappa shape index (κ3) is 6.06. The number of aryl methyl sites for hydroxylation is 1. The third-order valence-electron chi connectivity index (χ3n) is 2.76. The molecule has 0 fully saturated rings. The molecule has 0 amide bonds. The van der Waals surface area contributed by atoms with Gasteiger partial charge in [0.1, 0.15) is 5.82 Å². The van der Waals surface area contributed by atoms with E-state index in [0.717, 1.165) is 11.8 Å². The molecule has 0 radical (unpaired) electrons. The fourth-order valence-corrected chi connectivity index (χ4v) is 1.85.